The van der Waals surface area contributed by atoms with Crippen LogP contribution < -0.4 is 5.32 Å². The van der Waals surface area contributed by atoms with E-state index in [-0.39, 0.29) is 17.6 Å². The smallest absolute Gasteiger partial charge is 0.226 e. The number of halogens is 1. The Balaban J connectivity index is 1.84. The van der Waals surface area contributed by atoms with Crippen LogP contribution in [0, 0.1) is 19.7 Å². The second-order valence-electron chi connectivity index (χ2n) is 6.35. The van der Waals surface area contributed by atoms with Gasteiger partial charge in [0.15, 0.2) is 0 Å². The van der Waals surface area contributed by atoms with Crippen molar-refractivity contribution in [1.29, 1.82) is 0 Å². The Morgan fingerprint density at radius 2 is 1.96 bits per heavy atom. The van der Waals surface area contributed by atoms with Crippen LogP contribution in [0.2, 0.25) is 0 Å². The predicted octanol–water partition coefficient (Wildman–Crippen LogP) is 2.84. The maximum absolute atomic E-state index is 13.2. The van der Waals surface area contributed by atoms with Crippen molar-refractivity contribution in [2.75, 3.05) is 5.32 Å². The molecule has 0 saturated heterocycles. The third-order valence-electron chi connectivity index (χ3n) is 4.76. The third kappa shape index (κ3) is 2.43. The van der Waals surface area contributed by atoms with Crippen LogP contribution in [0.4, 0.5) is 10.2 Å². The minimum Gasteiger partial charge on any atom is -0.311 e. The van der Waals surface area contributed by atoms with Gasteiger partial charge in [-0.25, -0.2) is 9.07 Å². The van der Waals surface area contributed by atoms with Crippen LogP contribution in [0.5, 0.6) is 0 Å². The molecule has 0 bridgehead atoms. The van der Waals surface area contributed by atoms with Crippen molar-refractivity contribution in [3.05, 3.63) is 58.8 Å². The maximum Gasteiger partial charge on any atom is 0.226 e. The van der Waals surface area contributed by atoms with E-state index < -0.39 is 0 Å². The van der Waals surface area contributed by atoms with Crippen molar-refractivity contribution >= 4 is 11.7 Å². The quantitative estimate of drug-likeness (QED) is 0.781. The molecule has 0 fully saturated rings. The molecule has 0 spiro atoms. The van der Waals surface area contributed by atoms with Crippen LogP contribution in [0.1, 0.15) is 34.9 Å². The van der Waals surface area contributed by atoms with E-state index in [2.05, 4.69) is 15.5 Å². The summed E-state index contributed by atoms with van der Waals surface area (Å²) in [5.41, 5.74) is 4.61. The molecule has 1 amide bonds. The van der Waals surface area contributed by atoms with Crippen LogP contribution in [0.15, 0.2) is 30.5 Å². The maximum atomic E-state index is 13.2. The van der Waals surface area contributed by atoms with Crippen molar-refractivity contribution < 1.29 is 9.18 Å². The molecule has 25 heavy (non-hydrogen) atoms. The van der Waals surface area contributed by atoms with E-state index in [1.807, 2.05) is 20.9 Å². The van der Waals surface area contributed by atoms with Crippen LogP contribution in [-0.4, -0.2) is 25.5 Å². The Hall–Kier alpha value is -2.96. The van der Waals surface area contributed by atoms with Crippen LogP contribution >= 0.6 is 0 Å². The minimum absolute atomic E-state index is 0.0329. The predicted molar refractivity (Wildman–Crippen MR) is 91.3 cm³/mol. The van der Waals surface area contributed by atoms with Gasteiger partial charge >= 0.3 is 0 Å². The lowest BCUT2D eigenvalue weighted by molar-refractivity contribution is -0.116. The molecule has 1 atom stereocenters. The molecular weight excluding hydrogens is 321 g/mol. The molecule has 4 rings (SSSR count). The van der Waals surface area contributed by atoms with Gasteiger partial charge in [0.2, 0.25) is 5.91 Å². The number of nitrogens with zero attached hydrogens (tertiary/aromatic N) is 4. The highest BCUT2D eigenvalue weighted by Gasteiger charge is 2.33. The van der Waals surface area contributed by atoms with Gasteiger partial charge in [0.25, 0.3) is 0 Å². The first-order valence-corrected chi connectivity index (χ1v) is 8.09. The van der Waals surface area contributed by atoms with Gasteiger partial charge in [-0.15, -0.1) is 0 Å². The summed E-state index contributed by atoms with van der Waals surface area (Å²) in [6, 6.07) is 6.22. The van der Waals surface area contributed by atoms with Crippen molar-refractivity contribution in [2.24, 2.45) is 7.05 Å². The number of rotatable bonds is 2. The molecule has 0 radical (unpaired) electrons. The number of fused-ring (bicyclic) bond motifs is 1. The van der Waals surface area contributed by atoms with Crippen molar-refractivity contribution in [2.45, 2.75) is 26.2 Å². The Bertz CT molecular complexity index is 970. The van der Waals surface area contributed by atoms with Crippen molar-refractivity contribution in [3.8, 4) is 5.69 Å². The molecule has 0 saturated carbocycles. The number of hydrogen-bond acceptors (Lipinski definition) is 3. The Morgan fingerprint density at radius 1 is 1.24 bits per heavy atom. The fraction of sp³-hybridized carbons (Fsp3) is 0.278. The van der Waals surface area contributed by atoms with E-state index in [9.17, 15) is 9.18 Å². The van der Waals surface area contributed by atoms with Gasteiger partial charge in [-0.2, -0.15) is 10.2 Å². The van der Waals surface area contributed by atoms with Gasteiger partial charge in [0.05, 0.1) is 17.6 Å². The third-order valence-corrected chi connectivity index (χ3v) is 4.76. The minimum atomic E-state index is -0.283. The van der Waals surface area contributed by atoms with E-state index in [0.29, 0.717) is 6.42 Å². The first-order chi connectivity index (χ1) is 12.0. The van der Waals surface area contributed by atoms with E-state index in [1.54, 1.807) is 27.7 Å². The Kier molecular flexibility index (Phi) is 3.45. The molecule has 0 aliphatic carbocycles. The monoisotopic (exact) mass is 339 g/mol. The zero-order valence-corrected chi connectivity index (χ0v) is 14.2. The van der Waals surface area contributed by atoms with Crippen LogP contribution in [-0.2, 0) is 11.8 Å². The number of aromatic nitrogens is 4. The van der Waals surface area contributed by atoms with Gasteiger partial charge in [-0.05, 0) is 38.1 Å². The summed E-state index contributed by atoms with van der Waals surface area (Å²) >= 11 is 0. The lowest BCUT2D eigenvalue weighted by Gasteiger charge is -2.23. The summed E-state index contributed by atoms with van der Waals surface area (Å²) in [5.74, 6) is 0.324. The zero-order chi connectivity index (χ0) is 17.7. The molecule has 1 aliphatic heterocycles. The Morgan fingerprint density at radius 3 is 2.68 bits per heavy atom. The van der Waals surface area contributed by atoms with Crippen LogP contribution in [0.25, 0.3) is 5.69 Å². The molecule has 6 nitrogen and oxygen atoms in total. The normalized spacial score (nSPS) is 16.6. The molecule has 3 heterocycles. The first kappa shape index (κ1) is 15.6. The lowest BCUT2D eigenvalue weighted by Crippen LogP contribution is -2.24. The summed E-state index contributed by atoms with van der Waals surface area (Å²) in [5, 5.41) is 11.8. The number of benzene rings is 1. The van der Waals surface area contributed by atoms with E-state index in [4.69, 9.17) is 0 Å². The topological polar surface area (TPSA) is 64.7 Å². The summed E-state index contributed by atoms with van der Waals surface area (Å²) in [6.45, 7) is 3.91. The first-order valence-electron chi connectivity index (χ1n) is 8.09. The highest BCUT2D eigenvalue weighted by molar-refractivity contribution is 5.94. The molecule has 1 N–H and O–H groups in total. The molecule has 7 heteroatoms. The van der Waals surface area contributed by atoms with Crippen LogP contribution in [0.3, 0.4) is 0 Å². The number of hydrogen-bond donors (Lipinski definition) is 1. The average molecular weight is 339 g/mol. The summed E-state index contributed by atoms with van der Waals surface area (Å²) in [6.07, 6.45) is 2.16. The van der Waals surface area contributed by atoms with Gasteiger partial charge in [-0.1, -0.05) is 0 Å². The molecule has 2 aromatic heterocycles. The highest BCUT2D eigenvalue weighted by atomic mass is 19.1. The second kappa shape index (κ2) is 5.54. The summed E-state index contributed by atoms with van der Waals surface area (Å²) in [7, 11) is 1.81. The van der Waals surface area contributed by atoms with E-state index in [0.717, 1.165) is 34.0 Å². The number of aryl methyl sites for hydroxylation is 2. The number of amides is 1. The Labute approximate surface area is 144 Å². The fourth-order valence-electron chi connectivity index (χ4n) is 3.59. The lowest BCUT2D eigenvalue weighted by atomic mass is 9.86. The molecular formula is C18H18FN5O. The van der Waals surface area contributed by atoms with Gasteiger partial charge in [0.1, 0.15) is 11.6 Å². The standard InChI is InChI=1S/C18H18FN5O/c1-10-17(11(2)24(22-10)13-6-4-12(19)5-7-13)14-8-16(25)21-18-15(14)9-20-23(18)3/h4-7,9,14H,8H2,1-3H3,(H,21,25)/t14-/m1/s1. The summed E-state index contributed by atoms with van der Waals surface area (Å²) in [4.78, 5) is 12.2. The molecule has 128 valence electrons. The van der Waals surface area contributed by atoms with Crippen molar-refractivity contribution in [1.82, 2.24) is 19.6 Å². The van der Waals surface area contributed by atoms with Gasteiger partial charge < -0.3 is 5.32 Å². The number of anilines is 1. The molecule has 1 aromatic carbocycles. The van der Waals surface area contributed by atoms with E-state index in [1.165, 1.54) is 12.1 Å². The number of carbonyl (C=O) groups is 1. The molecule has 1 aliphatic rings. The largest absolute Gasteiger partial charge is 0.311 e. The average Bonchev–Trinajstić information content (AvgIpc) is 3.08. The SMILES string of the molecule is Cc1nn(-c2ccc(F)cc2)c(C)c1[C@@H]1CC(=O)Nc2c1cnn2C. The highest BCUT2D eigenvalue weighted by Crippen LogP contribution is 2.39. The number of carbonyl (C=O) groups excluding carboxylic acids is 1. The zero-order valence-electron chi connectivity index (χ0n) is 14.2. The number of nitrogens with one attached hydrogen (secondary N) is 1. The second-order valence-corrected chi connectivity index (χ2v) is 6.35. The molecule has 3 aromatic rings. The summed E-state index contributed by atoms with van der Waals surface area (Å²) < 4.78 is 16.7. The van der Waals surface area contributed by atoms with Gasteiger partial charge in [-0.3, -0.25) is 9.48 Å². The molecule has 0 unspecified atom stereocenters. The fourth-order valence-corrected chi connectivity index (χ4v) is 3.59. The van der Waals surface area contributed by atoms with Crippen molar-refractivity contribution in [3.63, 3.8) is 0 Å². The van der Waals surface area contributed by atoms with Gasteiger partial charge in [0, 0.05) is 36.2 Å². The van der Waals surface area contributed by atoms with E-state index >= 15 is 0 Å².